The molecule has 0 aliphatic carbocycles. The maximum atomic E-state index is 13.0. The fourth-order valence-electron chi connectivity index (χ4n) is 13.8. The second-order valence-electron chi connectivity index (χ2n) is 32.9. The molecule has 0 aliphatic rings. The third kappa shape index (κ3) is 94.5. The first-order valence-corrected chi connectivity index (χ1v) is 51.8. The van der Waals surface area contributed by atoms with Crippen LogP contribution in [0, 0.1) is 0 Å². The van der Waals surface area contributed by atoms with Crippen LogP contribution in [-0.4, -0.2) is 95.9 Å². The van der Waals surface area contributed by atoms with Crippen molar-refractivity contribution in [3.05, 3.63) is 122 Å². The molecule has 119 heavy (non-hydrogen) atoms. The minimum atomic E-state index is -4.93. The van der Waals surface area contributed by atoms with Crippen molar-refractivity contribution in [2.24, 2.45) is 0 Å². The van der Waals surface area contributed by atoms with Gasteiger partial charge in [0.05, 0.1) is 26.4 Å². The van der Waals surface area contributed by atoms with Crippen LogP contribution in [0.4, 0.5) is 0 Å². The Bertz CT molecular complexity index is 2640. The highest BCUT2D eigenvalue weighted by atomic mass is 31.2. The number of unbranched alkanes of at least 4 members (excludes halogenated alkanes) is 50. The second kappa shape index (κ2) is 93.1. The first-order valence-electron chi connectivity index (χ1n) is 48.8. The van der Waals surface area contributed by atoms with E-state index in [0.29, 0.717) is 19.3 Å². The topological polar surface area (TPSA) is 231 Å². The van der Waals surface area contributed by atoms with Gasteiger partial charge in [0.25, 0.3) is 0 Å². The lowest BCUT2D eigenvalue weighted by molar-refractivity contribution is -0.161. The van der Waals surface area contributed by atoms with Crippen molar-refractivity contribution in [3.8, 4) is 0 Å². The van der Waals surface area contributed by atoms with Crippen LogP contribution < -0.4 is 0 Å². The van der Waals surface area contributed by atoms with Crippen molar-refractivity contribution >= 4 is 33.6 Å². The summed E-state index contributed by atoms with van der Waals surface area (Å²) in [7, 11) is -9.79. The van der Waals surface area contributed by atoms with Gasteiger partial charge in [0, 0.05) is 19.3 Å². The molecular weight excluding hydrogens is 1530 g/mol. The quantitative estimate of drug-likeness (QED) is 0.0146. The molecule has 0 saturated heterocycles. The molecule has 5 atom stereocenters. The lowest BCUT2D eigenvalue weighted by Gasteiger charge is -2.21. The molecule has 0 saturated carbocycles. The van der Waals surface area contributed by atoms with Crippen molar-refractivity contribution in [1.82, 2.24) is 0 Å². The van der Waals surface area contributed by atoms with Crippen LogP contribution in [0.25, 0.3) is 0 Å². The van der Waals surface area contributed by atoms with Gasteiger partial charge in [-0.25, -0.2) is 9.13 Å². The standard InChI is InChI=1S/C101H180O16P2/c1-4-7-10-13-16-19-22-25-28-30-32-34-36-38-40-42-44-46-47-49-51-52-54-56-58-60-62-64-67-69-72-75-78-81-84-87-99(104)111-90-96(102)91-113-118(107,108)114-92-97(103)93-115-119(109,110)116-95-98(117-101(106)89-86-83-80-77-74-71-66-27-24-21-18-15-12-9-6-3)94-112-100(105)88-85-82-79-76-73-70-68-65-63-61-59-57-55-53-50-48-45-43-41-39-37-35-33-31-29-26-23-20-17-14-11-8-5-2/h7,10,16-17,19-20,25-26,28-29,32-35,38-41,44,46,96-98,102-103H,4-6,8-9,11-15,18,21-24,27,30-31,36-37,42-43,45,47-95H2,1-3H3,(H,107,108)(H,109,110)/b10-7-,19-16-,20-17-,28-25-,29-26-,34-32-,35-33-,40-38-,41-39-,46-44-. The van der Waals surface area contributed by atoms with Crippen molar-refractivity contribution in [2.45, 2.75) is 463 Å². The molecule has 0 heterocycles. The van der Waals surface area contributed by atoms with Gasteiger partial charge in [-0.1, -0.05) is 431 Å². The van der Waals surface area contributed by atoms with Gasteiger partial charge in [-0.3, -0.25) is 32.5 Å². The number of hydrogen-bond acceptors (Lipinski definition) is 14. The number of allylic oxidation sites excluding steroid dienone is 20. The Morgan fingerprint density at radius 1 is 0.244 bits per heavy atom. The van der Waals surface area contributed by atoms with Gasteiger partial charge in [-0.15, -0.1) is 0 Å². The highest BCUT2D eigenvalue weighted by Gasteiger charge is 2.30. The Morgan fingerprint density at radius 2 is 0.445 bits per heavy atom. The summed E-state index contributed by atoms with van der Waals surface area (Å²) in [6, 6.07) is 0. The molecule has 0 bridgehead atoms. The summed E-state index contributed by atoms with van der Waals surface area (Å²) in [5.41, 5.74) is 0. The maximum Gasteiger partial charge on any atom is 0.472 e. The smallest absolute Gasteiger partial charge is 0.463 e. The molecule has 0 aromatic carbocycles. The number of rotatable bonds is 93. The van der Waals surface area contributed by atoms with E-state index in [9.17, 15) is 43.5 Å². The minimum absolute atomic E-state index is 0.111. The fraction of sp³-hybridized carbons (Fsp3) is 0.772. The maximum absolute atomic E-state index is 13.0. The number of aliphatic hydroxyl groups is 2. The predicted octanol–water partition coefficient (Wildman–Crippen LogP) is 30.3. The summed E-state index contributed by atoms with van der Waals surface area (Å²) in [5, 5.41) is 20.7. The van der Waals surface area contributed by atoms with E-state index in [4.69, 9.17) is 32.3 Å². The van der Waals surface area contributed by atoms with Gasteiger partial charge >= 0.3 is 33.6 Å². The summed E-state index contributed by atoms with van der Waals surface area (Å²) in [5.74, 6) is -1.55. The second-order valence-corrected chi connectivity index (χ2v) is 35.8. The van der Waals surface area contributed by atoms with Gasteiger partial charge in [0.2, 0.25) is 0 Å². The van der Waals surface area contributed by atoms with Crippen molar-refractivity contribution < 1.29 is 75.8 Å². The Labute approximate surface area is 729 Å². The van der Waals surface area contributed by atoms with Crippen molar-refractivity contribution in [1.29, 1.82) is 0 Å². The van der Waals surface area contributed by atoms with Crippen LogP contribution in [0.15, 0.2) is 122 Å². The van der Waals surface area contributed by atoms with Crippen molar-refractivity contribution in [2.75, 3.05) is 39.6 Å². The average Bonchev–Trinajstić information content (AvgIpc) is 0.898. The number of phosphoric ester groups is 2. The lowest BCUT2D eigenvalue weighted by atomic mass is 10.0. The van der Waals surface area contributed by atoms with E-state index in [1.165, 1.54) is 263 Å². The molecule has 0 radical (unpaired) electrons. The Balaban J connectivity index is 4.40. The van der Waals surface area contributed by atoms with Crippen LogP contribution in [-0.2, 0) is 55.8 Å². The van der Waals surface area contributed by atoms with Crippen LogP contribution in [0.5, 0.6) is 0 Å². The summed E-state index contributed by atoms with van der Waals surface area (Å²) >= 11 is 0. The number of ether oxygens (including phenoxy) is 3. The van der Waals surface area contributed by atoms with E-state index in [0.717, 1.165) is 122 Å². The highest BCUT2D eigenvalue weighted by Crippen LogP contribution is 2.45. The lowest BCUT2D eigenvalue weighted by Crippen LogP contribution is -2.30. The first-order chi connectivity index (χ1) is 58.2. The Morgan fingerprint density at radius 3 is 0.723 bits per heavy atom. The third-order valence-electron chi connectivity index (χ3n) is 21.2. The largest absolute Gasteiger partial charge is 0.472 e. The summed E-state index contributed by atoms with van der Waals surface area (Å²) in [6.07, 6.45) is 116. The zero-order valence-electron chi connectivity index (χ0n) is 76.3. The Kier molecular flexibility index (Phi) is 89.9. The van der Waals surface area contributed by atoms with E-state index in [-0.39, 0.29) is 19.3 Å². The molecule has 4 N–H and O–H groups in total. The molecule has 0 fully saturated rings. The number of phosphoric acid groups is 2. The molecule has 18 heteroatoms. The van der Waals surface area contributed by atoms with Crippen LogP contribution in [0.2, 0.25) is 0 Å². The summed E-state index contributed by atoms with van der Waals surface area (Å²) in [6.45, 7) is 2.63. The van der Waals surface area contributed by atoms with E-state index in [1.807, 2.05) is 0 Å². The molecule has 0 aliphatic heterocycles. The monoisotopic (exact) mass is 1710 g/mol. The number of carbonyl (C=O) groups is 3. The fourth-order valence-corrected chi connectivity index (χ4v) is 15.4. The molecule has 0 spiro atoms. The molecule has 0 aromatic rings. The molecular formula is C101H180O16P2. The van der Waals surface area contributed by atoms with Crippen molar-refractivity contribution in [3.63, 3.8) is 0 Å². The van der Waals surface area contributed by atoms with Crippen LogP contribution >= 0.6 is 15.6 Å². The Hall–Kier alpha value is -4.05. The average molecular weight is 1710 g/mol. The van der Waals surface area contributed by atoms with Gasteiger partial charge in [0.1, 0.15) is 25.4 Å². The van der Waals surface area contributed by atoms with Gasteiger partial charge in [-0.05, 0) is 116 Å². The first kappa shape index (κ1) is 115. The minimum Gasteiger partial charge on any atom is -0.463 e. The van der Waals surface area contributed by atoms with Crippen LogP contribution in [0.1, 0.15) is 445 Å². The molecule has 690 valence electrons. The molecule has 5 unspecified atom stereocenters. The number of aliphatic hydroxyl groups excluding tert-OH is 2. The molecule has 16 nitrogen and oxygen atoms in total. The molecule has 0 amide bonds. The number of carbonyl (C=O) groups excluding carboxylic acids is 3. The van der Waals surface area contributed by atoms with Gasteiger partial charge in [-0.2, -0.15) is 0 Å². The summed E-state index contributed by atoms with van der Waals surface area (Å²) < 4.78 is 61.5. The van der Waals surface area contributed by atoms with E-state index >= 15 is 0 Å². The normalized spacial score (nSPS) is 14.2. The van der Waals surface area contributed by atoms with E-state index < -0.39 is 91.5 Å². The van der Waals surface area contributed by atoms with E-state index in [2.05, 4.69) is 142 Å². The number of esters is 3. The number of hydrogen-bond donors (Lipinski definition) is 4. The summed E-state index contributed by atoms with van der Waals surface area (Å²) in [4.78, 5) is 59.0. The van der Waals surface area contributed by atoms with E-state index in [1.54, 1.807) is 0 Å². The SMILES string of the molecule is CC/C=C\C/C=C\C/C=C\C/C=C\C/C=C\C/C=C\CCCCCCCCCCCCCCCCCCC(=O)OCC(O)COP(=O)(O)OCC(O)COP(=O)(O)OCC(COC(=O)CCCCCCCCCCCCCCCCCCC/C=C\C/C=C\C/C=C\C/C=C\CCCCC)OC(=O)CCCCCCCCCCCCCCCCC. The zero-order chi connectivity index (χ0) is 86.5. The third-order valence-corrected chi connectivity index (χ3v) is 23.1. The highest BCUT2D eigenvalue weighted by molar-refractivity contribution is 7.47. The van der Waals surface area contributed by atoms with Gasteiger partial charge < -0.3 is 34.2 Å². The molecule has 0 aromatic heterocycles. The van der Waals surface area contributed by atoms with Gasteiger partial charge in [0.15, 0.2) is 6.10 Å². The predicted molar refractivity (Wildman–Crippen MR) is 500 cm³/mol. The van der Waals surface area contributed by atoms with Crippen LogP contribution in [0.3, 0.4) is 0 Å². The zero-order valence-corrected chi connectivity index (χ0v) is 78.1. The molecule has 0 rings (SSSR count).